The van der Waals surface area contributed by atoms with Crippen LogP contribution in [0.3, 0.4) is 0 Å². The molecular weight excluding hydrogens is 304 g/mol. The molecule has 4 heteroatoms. The number of carbonyl (C=O) groups is 1. The average molecular weight is 343 g/mol. The van der Waals surface area contributed by atoms with Gasteiger partial charge in [0.05, 0.1) is 12.2 Å². The second-order valence-corrected chi connectivity index (χ2v) is 14.3. The summed E-state index contributed by atoms with van der Waals surface area (Å²) in [6, 6.07) is 0. The van der Waals surface area contributed by atoms with Crippen LogP contribution in [-0.4, -0.2) is 26.6 Å². The molecule has 136 valence electrons. The molecule has 1 saturated heterocycles. The predicted octanol–water partition coefficient (Wildman–Crippen LogP) is 5.47. The predicted molar refractivity (Wildman–Crippen MR) is 98.8 cm³/mol. The van der Waals surface area contributed by atoms with Crippen LogP contribution in [0.2, 0.25) is 10.1 Å². The third-order valence-electron chi connectivity index (χ3n) is 5.18. The number of rotatable bonds is 4. The molecule has 0 aliphatic carbocycles. The highest BCUT2D eigenvalue weighted by Gasteiger charge is 2.63. The van der Waals surface area contributed by atoms with Crippen molar-refractivity contribution in [3.05, 3.63) is 0 Å². The summed E-state index contributed by atoms with van der Waals surface area (Å²) in [4.78, 5) is 12.1. The van der Waals surface area contributed by atoms with Crippen LogP contribution >= 0.6 is 0 Å². The molecule has 0 saturated carbocycles. The Morgan fingerprint density at radius 1 is 1.04 bits per heavy atom. The van der Waals surface area contributed by atoms with Gasteiger partial charge in [0.2, 0.25) is 0 Å². The van der Waals surface area contributed by atoms with Crippen molar-refractivity contribution >= 4 is 14.3 Å². The fourth-order valence-electron chi connectivity index (χ4n) is 4.03. The van der Waals surface area contributed by atoms with E-state index in [0.29, 0.717) is 18.8 Å². The highest BCUT2D eigenvalue weighted by atomic mass is 28.4. The van der Waals surface area contributed by atoms with E-state index in [1.807, 2.05) is 6.92 Å². The molecule has 0 aromatic heterocycles. The van der Waals surface area contributed by atoms with Crippen molar-refractivity contribution in [2.45, 2.75) is 104 Å². The maximum Gasteiger partial charge on any atom is 0.349 e. The van der Waals surface area contributed by atoms with Gasteiger partial charge in [-0.3, -0.25) is 4.79 Å². The highest BCUT2D eigenvalue weighted by Crippen LogP contribution is 2.56. The van der Waals surface area contributed by atoms with E-state index in [2.05, 4.69) is 62.3 Å². The summed E-state index contributed by atoms with van der Waals surface area (Å²) in [5, 5.41) is -0.0991. The minimum absolute atomic E-state index is 0.0197. The Hall–Kier alpha value is -0.193. The third kappa shape index (κ3) is 4.08. The molecule has 0 unspecified atom stereocenters. The molecule has 1 fully saturated rings. The van der Waals surface area contributed by atoms with Gasteiger partial charge in [0.25, 0.3) is 0 Å². The van der Waals surface area contributed by atoms with Gasteiger partial charge in [0.1, 0.15) is 5.78 Å². The van der Waals surface area contributed by atoms with E-state index in [4.69, 9.17) is 8.85 Å². The summed E-state index contributed by atoms with van der Waals surface area (Å²) in [6.45, 7) is 21.9. The summed E-state index contributed by atoms with van der Waals surface area (Å²) in [5.41, 5.74) is 0. The van der Waals surface area contributed by atoms with E-state index in [9.17, 15) is 4.79 Å². The van der Waals surface area contributed by atoms with Crippen molar-refractivity contribution < 1.29 is 13.6 Å². The average Bonchev–Trinajstić information content (AvgIpc) is 2.37. The zero-order chi connectivity index (χ0) is 18.2. The summed E-state index contributed by atoms with van der Waals surface area (Å²) < 4.78 is 13.6. The Morgan fingerprint density at radius 3 is 1.87 bits per heavy atom. The molecule has 0 bridgehead atoms. The van der Waals surface area contributed by atoms with Crippen molar-refractivity contribution in [2.24, 2.45) is 11.8 Å². The first-order valence-electron chi connectivity index (χ1n) is 9.14. The second kappa shape index (κ2) is 6.97. The van der Waals surface area contributed by atoms with Gasteiger partial charge >= 0.3 is 8.56 Å². The van der Waals surface area contributed by atoms with Gasteiger partial charge < -0.3 is 8.85 Å². The van der Waals surface area contributed by atoms with Gasteiger partial charge in [-0.1, -0.05) is 69.2 Å². The van der Waals surface area contributed by atoms with Crippen molar-refractivity contribution in [1.82, 2.24) is 0 Å². The highest BCUT2D eigenvalue weighted by molar-refractivity contribution is 6.73. The monoisotopic (exact) mass is 342 g/mol. The standard InChI is InChI=1S/C19H38O3Si/c1-11-15(20)12-16-14(4)17(13(2)3)22-23(21-16,18(5,6)7)19(8,9)10/h13-14,16-17H,11-12H2,1-10H3/t14-,16+,17+/m0/s1. The van der Waals surface area contributed by atoms with Crippen molar-refractivity contribution in [3.63, 3.8) is 0 Å². The Kier molecular flexibility index (Phi) is 6.32. The molecule has 3 nitrogen and oxygen atoms in total. The molecule has 1 rings (SSSR count). The lowest BCUT2D eigenvalue weighted by molar-refractivity contribution is -0.126. The molecule has 0 amide bonds. The Morgan fingerprint density at radius 2 is 1.52 bits per heavy atom. The lowest BCUT2D eigenvalue weighted by Gasteiger charge is -2.57. The SMILES string of the molecule is CCC(=O)C[C@H]1O[Si](C(C)(C)C)(C(C)(C)C)O[C@H](C(C)C)[C@H]1C. The van der Waals surface area contributed by atoms with Crippen molar-refractivity contribution in [3.8, 4) is 0 Å². The van der Waals surface area contributed by atoms with Gasteiger partial charge in [0.15, 0.2) is 0 Å². The molecule has 0 aromatic carbocycles. The number of ketones is 1. The smallest absolute Gasteiger partial charge is 0.349 e. The normalized spacial score (nSPS) is 28.9. The maximum absolute atomic E-state index is 12.1. The quantitative estimate of drug-likeness (QED) is 0.635. The fraction of sp³-hybridized carbons (Fsp3) is 0.947. The summed E-state index contributed by atoms with van der Waals surface area (Å²) >= 11 is 0. The molecule has 1 aliphatic rings. The lowest BCUT2D eigenvalue weighted by atomic mass is 9.88. The molecule has 0 aromatic rings. The first-order chi connectivity index (χ1) is 10.3. The summed E-state index contributed by atoms with van der Waals surface area (Å²) in [6.07, 6.45) is 1.24. The summed E-state index contributed by atoms with van der Waals surface area (Å²) in [5.74, 6) is 0.956. The van der Waals surface area contributed by atoms with Gasteiger partial charge in [-0.15, -0.1) is 0 Å². The van der Waals surface area contributed by atoms with E-state index in [-0.39, 0.29) is 34.0 Å². The molecule has 23 heavy (non-hydrogen) atoms. The molecular formula is C19H38O3Si. The Labute approximate surface area is 144 Å². The molecule has 1 heterocycles. The number of carbonyl (C=O) groups excluding carboxylic acids is 1. The van der Waals surface area contributed by atoms with Crippen LogP contribution in [0.25, 0.3) is 0 Å². The molecule has 1 aliphatic heterocycles. The van der Waals surface area contributed by atoms with Crippen LogP contribution in [0.4, 0.5) is 0 Å². The van der Waals surface area contributed by atoms with Crippen LogP contribution < -0.4 is 0 Å². The van der Waals surface area contributed by atoms with Crippen LogP contribution in [0.15, 0.2) is 0 Å². The van der Waals surface area contributed by atoms with Crippen molar-refractivity contribution in [1.29, 1.82) is 0 Å². The molecule has 3 atom stereocenters. The van der Waals surface area contributed by atoms with Gasteiger partial charge in [0, 0.05) is 28.8 Å². The van der Waals surface area contributed by atoms with E-state index in [1.54, 1.807) is 0 Å². The molecule has 0 spiro atoms. The minimum atomic E-state index is -2.55. The number of hydrogen-bond acceptors (Lipinski definition) is 3. The lowest BCUT2D eigenvalue weighted by Crippen LogP contribution is -2.66. The molecule has 0 radical (unpaired) electrons. The van der Waals surface area contributed by atoms with E-state index >= 15 is 0 Å². The van der Waals surface area contributed by atoms with E-state index in [1.165, 1.54) is 0 Å². The number of Topliss-reactive ketones (excluding diaryl/α,β-unsaturated/α-hetero) is 1. The topological polar surface area (TPSA) is 35.5 Å². The first kappa shape index (κ1) is 20.9. The number of hydrogen-bond donors (Lipinski definition) is 0. The largest absolute Gasteiger partial charge is 0.390 e. The minimum Gasteiger partial charge on any atom is -0.390 e. The first-order valence-corrected chi connectivity index (χ1v) is 11.0. The Bertz CT molecular complexity index is 403. The van der Waals surface area contributed by atoms with Gasteiger partial charge in [-0.25, -0.2) is 0 Å². The summed E-state index contributed by atoms with van der Waals surface area (Å²) in [7, 11) is -2.55. The van der Waals surface area contributed by atoms with Gasteiger partial charge in [-0.05, 0) is 5.92 Å². The second-order valence-electron chi connectivity index (χ2n) is 9.55. The Balaban J connectivity index is 3.33. The van der Waals surface area contributed by atoms with Crippen molar-refractivity contribution in [2.75, 3.05) is 0 Å². The zero-order valence-corrected chi connectivity index (χ0v) is 17.9. The zero-order valence-electron chi connectivity index (χ0n) is 16.9. The maximum atomic E-state index is 12.1. The third-order valence-corrected chi connectivity index (χ3v) is 10.4. The fourth-order valence-corrected chi connectivity index (χ4v) is 9.34. The van der Waals surface area contributed by atoms with Crippen LogP contribution in [0.5, 0.6) is 0 Å². The van der Waals surface area contributed by atoms with E-state index in [0.717, 1.165) is 0 Å². The van der Waals surface area contributed by atoms with E-state index < -0.39 is 8.56 Å². The van der Waals surface area contributed by atoms with Crippen LogP contribution in [0, 0.1) is 11.8 Å². The molecule has 0 N–H and O–H groups in total. The van der Waals surface area contributed by atoms with Crippen LogP contribution in [-0.2, 0) is 13.6 Å². The van der Waals surface area contributed by atoms with Gasteiger partial charge in [-0.2, -0.15) is 0 Å². The van der Waals surface area contributed by atoms with Crippen LogP contribution in [0.1, 0.15) is 82.1 Å².